The van der Waals surface area contributed by atoms with E-state index < -0.39 is 0 Å². The summed E-state index contributed by atoms with van der Waals surface area (Å²) in [5.74, 6) is 1.07. The first kappa shape index (κ1) is 10.4. The van der Waals surface area contributed by atoms with E-state index in [2.05, 4.69) is 48.5 Å². The molecule has 0 aromatic heterocycles. The van der Waals surface area contributed by atoms with Crippen molar-refractivity contribution in [3.8, 4) is 5.75 Å². The fourth-order valence-corrected chi connectivity index (χ4v) is 2.40. The lowest BCUT2D eigenvalue weighted by molar-refractivity contribution is 0.174. The summed E-state index contributed by atoms with van der Waals surface area (Å²) < 4.78 is 6.04. The molecule has 0 saturated heterocycles. The number of para-hydroxylation sites is 1. The number of ether oxygens (including phenoxy) is 1. The number of hydrogen-bond donors (Lipinski definition) is 0. The highest BCUT2D eigenvalue weighted by molar-refractivity contribution is 5.35. The van der Waals surface area contributed by atoms with Crippen molar-refractivity contribution < 1.29 is 4.74 Å². The Kier molecular flexibility index (Phi) is 2.83. The Labute approximate surface area is 102 Å². The Morgan fingerprint density at radius 2 is 1.71 bits per heavy atom. The quantitative estimate of drug-likeness (QED) is 0.757. The molecular formula is C16H16O. The van der Waals surface area contributed by atoms with Gasteiger partial charge >= 0.3 is 0 Å². The molecule has 0 N–H and O–H groups in total. The zero-order valence-corrected chi connectivity index (χ0v) is 9.80. The van der Waals surface area contributed by atoms with Gasteiger partial charge in [0.05, 0.1) is 0 Å². The summed E-state index contributed by atoms with van der Waals surface area (Å²) in [6.45, 7) is 0. The Morgan fingerprint density at radius 3 is 2.59 bits per heavy atom. The Bertz CT molecular complexity index is 490. The van der Waals surface area contributed by atoms with E-state index >= 15 is 0 Å². The largest absolute Gasteiger partial charge is 0.490 e. The topological polar surface area (TPSA) is 9.23 Å². The van der Waals surface area contributed by atoms with Gasteiger partial charge in [-0.25, -0.2) is 0 Å². The van der Waals surface area contributed by atoms with Gasteiger partial charge in [-0.2, -0.15) is 0 Å². The molecule has 17 heavy (non-hydrogen) atoms. The third-order valence-corrected chi connectivity index (χ3v) is 3.31. The lowest BCUT2D eigenvalue weighted by atomic mass is 9.98. The molecule has 0 radical (unpaired) electrons. The Hall–Kier alpha value is -1.76. The molecular weight excluding hydrogens is 208 g/mol. The molecule has 0 bridgehead atoms. The summed E-state index contributed by atoms with van der Waals surface area (Å²) in [7, 11) is 0. The van der Waals surface area contributed by atoms with Crippen LogP contribution in [0.15, 0.2) is 54.6 Å². The van der Waals surface area contributed by atoms with Crippen LogP contribution in [0.4, 0.5) is 0 Å². The van der Waals surface area contributed by atoms with Crippen molar-refractivity contribution >= 4 is 0 Å². The lowest BCUT2D eigenvalue weighted by Gasteiger charge is -2.26. The summed E-state index contributed by atoms with van der Waals surface area (Å²) in [5, 5.41) is 0. The van der Waals surface area contributed by atoms with Crippen LogP contribution in [0.1, 0.15) is 17.5 Å². The maximum absolute atomic E-state index is 6.04. The number of rotatable bonds is 2. The molecule has 0 saturated carbocycles. The van der Waals surface area contributed by atoms with Crippen molar-refractivity contribution in [3.63, 3.8) is 0 Å². The summed E-state index contributed by atoms with van der Waals surface area (Å²) in [4.78, 5) is 0. The van der Waals surface area contributed by atoms with E-state index in [1.165, 1.54) is 11.1 Å². The third-order valence-electron chi connectivity index (χ3n) is 3.31. The molecule has 1 heteroatoms. The van der Waals surface area contributed by atoms with Gasteiger partial charge in [-0.15, -0.1) is 0 Å². The smallest absolute Gasteiger partial charge is 0.122 e. The Morgan fingerprint density at radius 1 is 0.941 bits per heavy atom. The highest BCUT2D eigenvalue weighted by Crippen LogP contribution is 2.28. The normalized spacial score (nSPS) is 18.2. The molecule has 1 aliphatic heterocycles. The van der Waals surface area contributed by atoms with Gasteiger partial charge in [0.2, 0.25) is 0 Å². The van der Waals surface area contributed by atoms with Crippen molar-refractivity contribution in [2.24, 2.45) is 0 Å². The molecule has 1 aliphatic rings. The van der Waals surface area contributed by atoms with E-state index in [1.54, 1.807) is 0 Å². The summed E-state index contributed by atoms with van der Waals surface area (Å²) >= 11 is 0. The first-order valence-electron chi connectivity index (χ1n) is 6.20. The minimum atomic E-state index is 0.326. The molecule has 1 heterocycles. The van der Waals surface area contributed by atoms with Gasteiger partial charge < -0.3 is 4.74 Å². The van der Waals surface area contributed by atoms with Crippen LogP contribution in [0.3, 0.4) is 0 Å². The van der Waals surface area contributed by atoms with Crippen LogP contribution in [-0.4, -0.2) is 6.10 Å². The molecule has 1 unspecified atom stereocenters. The molecule has 0 fully saturated rings. The molecule has 0 amide bonds. The number of benzene rings is 2. The minimum absolute atomic E-state index is 0.326. The lowest BCUT2D eigenvalue weighted by Crippen LogP contribution is -2.24. The standard InChI is InChI=1S/C16H16O/c1-2-6-13(7-3-1)12-15-11-10-14-8-4-5-9-16(14)17-15/h1-9,15H,10-12H2. The van der Waals surface area contributed by atoms with Crippen molar-refractivity contribution in [2.45, 2.75) is 25.4 Å². The summed E-state index contributed by atoms with van der Waals surface area (Å²) in [5.41, 5.74) is 2.70. The predicted octanol–water partition coefficient (Wildman–Crippen LogP) is 3.62. The summed E-state index contributed by atoms with van der Waals surface area (Å²) in [6.07, 6.45) is 3.58. The minimum Gasteiger partial charge on any atom is -0.490 e. The van der Waals surface area contributed by atoms with Crippen LogP contribution in [0.25, 0.3) is 0 Å². The fraction of sp³-hybridized carbons (Fsp3) is 0.250. The number of aryl methyl sites for hydroxylation is 1. The SMILES string of the molecule is c1ccc(CC2CCc3ccccc3O2)cc1. The van der Waals surface area contributed by atoms with E-state index in [4.69, 9.17) is 4.74 Å². The van der Waals surface area contributed by atoms with Crippen LogP contribution in [0.2, 0.25) is 0 Å². The predicted molar refractivity (Wildman–Crippen MR) is 69.3 cm³/mol. The molecule has 2 aromatic rings. The van der Waals surface area contributed by atoms with Crippen molar-refractivity contribution in [3.05, 3.63) is 65.7 Å². The highest BCUT2D eigenvalue weighted by atomic mass is 16.5. The van der Waals surface area contributed by atoms with E-state index in [-0.39, 0.29) is 0 Å². The van der Waals surface area contributed by atoms with E-state index in [1.807, 2.05) is 6.07 Å². The fourth-order valence-electron chi connectivity index (χ4n) is 2.40. The van der Waals surface area contributed by atoms with E-state index in [9.17, 15) is 0 Å². The maximum atomic E-state index is 6.04. The van der Waals surface area contributed by atoms with Gasteiger partial charge in [-0.3, -0.25) is 0 Å². The average Bonchev–Trinajstić information content (AvgIpc) is 2.40. The van der Waals surface area contributed by atoms with Crippen LogP contribution < -0.4 is 4.74 Å². The van der Waals surface area contributed by atoms with Gasteiger partial charge in [0.15, 0.2) is 0 Å². The molecule has 2 aromatic carbocycles. The monoisotopic (exact) mass is 224 g/mol. The van der Waals surface area contributed by atoms with Crippen molar-refractivity contribution in [1.82, 2.24) is 0 Å². The van der Waals surface area contributed by atoms with Gasteiger partial charge in [-0.05, 0) is 30.0 Å². The number of hydrogen-bond acceptors (Lipinski definition) is 1. The molecule has 1 nitrogen and oxygen atoms in total. The van der Waals surface area contributed by atoms with E-state index in [0.29, 0.717) is 6.10 Å². The van der Waals surface area contributed by atoms with Gasteiger partial charge in [0.25, 0.3) is 0 Å². The maximum Gasteiger partial charge on any atom is 0.122 e. The second-order valence-electron chi connectivity index (χ2n) is 4.58. The van der Waals surface area contributed by atoms with Crippen molar-refractivity contribution in [1.29, 1.82) is 0 Å². The van der Waals surface area contributed by atoms with Gasteiger partial charge in [0.1, 0.15) is 11.9 Å². The first-order chi connectivity index (χ1) is 8.42. The zero-order chi connectivity index (χ0) is 11.5. The van der Waals surface area contributed by atoms with Crippen LogP contribution in [0.5, 0.6) is 5.75 Å². The van der Waals surface area contributed by atoms with Crippen LogP contribution >= 0.6 is 0 Å². The van der Waals surface area contributed by atoms with E-state index in [0.717, 1.165) is 25.0 Å². The Balaban J connectivity index is 1.72. The second kappa shape index (κ2) is 4.62. The molecule has 0 aliphatic carbocycles. The van der Waals surface area contributed by atoms with Crippen LogP contribution in [-0.2, 0) is 12.8 Å². The average molecular weight is 224 g/mol. The third kappa shape index (κ3) is 2.33. The molecule has 1 atom stereocenters. The van der Waals surface area contributed by atoms with Gasteiger partial charge in [0, 0.05) is 6.42 Å². The van der Waals surface area contributed by atoms with Crippen LogP contribution in [0, 0.1) is 0 Å². The van der Waals surface area contributed by atoms with Crippen molar-refractivity contribution in [2.75, 3.05) is 0 Å². The summed E-state index contributed by atoms with van der Waals surface area (Å²) in [6, 6.07) is 18.9. The first-order valence-corrected chi connectivity index (χ1v) is 6.20. The number of fused-ring (bicyclic) bond motifs is 1. The molecule has 0 spiro atoms. The molecule has 3 rings (SSSR count). The highest BCUT2D eigenvalue weighted by Gasteiger charge is 2.19. The second-order valence-corrected chi connectivity index (χ2v) is 4.58. The molecule has 86 valence electrons. The zero-order valence-electron chi connectivity index (χ0n) is 9.80. The van der Waals surface area contributed by atoms with Gasteiger partial charge in [-0.1, -0.05) is 48.5 Å².